The second-order valence-electron chi connectivity index (χ2n) is 6.21. The number of benzene rings is 2. The number of rotatable bonds is 2. The number of amides is 2. The lowest BCUT2D eigenvalue weighted by Gasteiger charge is -2.50. The molecule has 6 nitrogen and oxygen atoms in total. The molecule has 1 saturated heterocycles. The van der Waals surface area contributed by atoms with Gasteiger partial charge in [0.1, 0.15) is 5.75 Å². The van der Waals surface area contributed by atoms with Crippen LogP contribution < -0.4 is 15.0 Å². The molecule has 6 heteroatoms. The Morgan fingerprint density at radius 3 is 2.75 bits per heavy atom. The second kappa shape index (κ2) is 4.99. The van der Waals surface area contributed by atoms with Crippen LogP contribution in [0, 0.1) is 0 Å². The van der Waals surface area contributed by atoms with Gasteiger partial charge in [-0.05, 0) is 37.3 Å². The lowest BCUT2D eigenvalue weighted by Crippen LogP contribution is -2.65. The Kier molecular flexibility index (Phi) is 3.03. The molecule has 0 aliphatic carbocycles. The number of carbonyl (C=O) groups is 2. The zero-order valence-electron chi connectivity index (χ0n) is 13.0. The van der Waals surface area contributed by atoms with Gasteiger partial charge in [-0.25, -0.2) is 9.59 Å². The number of aromatic carboxylic acids is 1. The maximum atomic E-state index is 12.7. The molecule has 122 valence electrons. The normalized spacial score (nSPS) is 24.6. The summed E-state index contributed by atoms with van der Waals surface area (Å²) in [6, 6.07) is 13.6. The fraction of sp³-hybridized carbons (Fsp3) is 0.222. The third kappa shape index (κ3) is 2.11. The largest absolute Gasteiger partial charge is 0.478 e. The topological polar surface area (TPSA) is 78.9 Å². The summed E-state index contributed by atoms with van der Waals surface area (Å²) in [4.78, 5) is 25.5. The third-order valence-corrected chi connectivity index (χ3v) is 4.53. The lowest BCUT2D eigenvalue weighted by molar-refractivity contribution is 0.0378. The number of nitrogens with one attached hydrogen (secondary N) is 1. The van der Waals surface area contributed by atoms with Gasteiger partial charge >= 0.3 is 12.0 Å². The summed E-state index contributed by atoms with van der Waals surface area (Å²) in [6.07, 6.45) is 0.531. The molecule has 2 aliphatic heterocycles. The molecule has 0 spiro atoms. The van der Waals surface area contributed by atoms with Crippen LogP contribution >= 0.6 is 0 Å². The van der Waals surface area contributed by atoms with Gasteiger partial charge in [0.05, 0.1) is 11.6 Å². The molecule has 2 aromatic rings. The molecule has 2 amide bonds. The van der Waals surface area contributed by atoms with Crippen molar-refractivity contribution in [3.05, 3.63) is 59.7 Å². The van der Waals surface area contributed by atoms with E-state index < -0.39 is 11.7 Å². The monoisotopic (exact) mass is 324 g/mol. The van der Waals surface area contributed by atoms with Gasteiger partial charge in [0.2, 0.25) is 0 Å². The number of nitrogens with zero attached hydrogens (tertiary/aromatic N) is 1. The van der Waals surface area contributed by atoms with Crippen LogP contribution in [0.15, 0.2) is 48.5 Å². The summed E-state index contributed by atoms with van der Waals surface area (Å²) < 4.78 is 6.13. The van der Waals surface area contributed by atoms with E-state index in [4.69, 9.17) is 9.84 Å². The zero-order chi connectivity index (χ0) is 16.9. The first-order chi connectivity index (χ1) is 11.5. The maximum Gasteiger partial charge on any atom is 0.335 e. The summed E-state index contributed by atoms with van der Waals surface area (Å²) in [5.74, 6) is -0.404. The van der Waals surface area contributed by atoms with Crippen molar-refractivity contribution in [3.8, 4) is 5.75 Å². The van der Waals surface area contributed by atoms with Crippen LogP contribution in [-0.4, -0.2) is 22.8 Å². The van der Waals surface area contributed by atoms with Crippen molar-refractivity contribution in [2.45, 2.75) is 25.1 Å². The van der Waals surface area contributed by atoms with Crippen LogP contribution in [0.1, 0.15) is 35.3 Å². The van der Waals surface area contributed by atoms with Gasteiger partial charge in [0.15, 0.2) is 5.72 Å². The Morgan fingerprint density at radius 2 is 2.04 bits per heavy atom. The minimum atomic E-state index is -1.00. The number of ether oxygens (including phenoxy) is 1. The van der Waals surface area contributed by atoms with Gasteiger partial charge in [-0.3, -0.25) is 4.90 Å². The first-order valence-electron chi connectivity index (χ1n) is 7.70. The number of fused-ring (bicyclic) bond motifs is 4. The predicted molar refractivity (Wildman–Crippen MR) is 87.2 cm³/mol. The number of carboxylic acids is 1. The van der Waals surface area contributed by atoms with Crippen molar-refractivity contribution >= 4 is 17.7 Å². The fourth-order valence-electron chi connectivity index (χ4n) is 3.48. The van der Waals surface area contributed by atoms with Crippen LogP contribution in [0.3, 0.4) is 0 Å². The van der Waals surface area contributed by atoms with Crippen LogP contribution in [-0.2, 0) is 0 Å². The Labute approximate surface area is 138 Å². The van der Waals surface area contributed by atoms with E-state index in [9.17, 15) is 9.59 Å². The molecule has 4 rings (SSSR count). The molecule has 0 radical (unpaired) electrons. The number of carbonyl (C=O) groups excluding carboxylic acids is 1. The molecule has 2 aliphatic rings. The fourth-order valence-corrected chi connectivity index (χ4v) is 3.48. The molecule has 2 aromatic carbocycles. The predicted octanol–water partition coefficient (Wildman–Crippen LogP) is 3.15. The third-order valence-electron chi connectivity index (χ3n) is 4.53. The Morgan fingerprint density at radius 1 is 1.29 bits per heavy atom. The lowest BCUT2D eigenvalue weighted by atomic mass is 9.89. The Bertz CT molecular complexity index is 836. The summed E-state index contributed by atoms with van der Waals surface area (Å²) in [5.41, 5.74) is 0.808. The molecule has 2 N–H and O–H groups in total. The van der Waals surface area contributed by atoms with E-state index in [2.05, 4.69) is 5.32 Å². The van der Waals surface area contributed by atoms with E-state index in [1.165, 1.54) is 6.07 Å². The molecule has 2 heterocycles. The number of carboxylic acid groups (broad SMARTS) is 1. The quantitative estimate of drug-likeness (QED) is 0.889. The highest BCUT2D eigenvalue weighted by Gasteiger charge is 2.49. The van der Waals surface area contributed by atoms with Crippen molar-refractivity contribution in [2.75, 3.05) is 4.90 Å². The SMILES string of the molecule is C[C@]12C[C@H](NC(=O)N1c1ccccc1)c1cc(C(=O)O)ccc1O2. The van der Waals surface area contributed by atoms with Crippen molar-refractivity contribution in [2.24, 2.45) is 0 Å². The molecular weight excluding hydrogens is 308 g/mol. The van der Waals surface area contributed by atoms with Crippen LogP contribution in [0.5, 0.6) is 5.75 Å². The molecule has 0 aromatic heterocycles. The highest BCUT2D eigenvalue weighted by atomic mass is 16.5. The van der Waals surface area contributed by atoms with E-state index in [1.54, 1.807) is 17.0 Å². The van der Waals surface area contributed by atoms with Crippen molar-refractivity contribution in [3.63, 3.8) is 0 Å². The molecule has 24 heavy (non-hydrogen) atoms. The van der Waals surface area contributed by atoms with Crippen LogP contribution in [0.2, 0.25) is 0 Å². The first kappa shape index (κ1) is 14.6. The molecule has 1 fully saturated rings. The van der Waals surface area contributed by atoms with E-state index in [0.29, 0.717) is 17.7 Å². The smallest absolute Gasteiger partial charge is 0.335 e. The van der Waals surface area contributed by atoms with Gasteiger partial charge in [-0.15, -0.1) is 0 Å². The van der Waals surface area contributed by atoms with E-state index in [0.717, 1.165) is 5.69 Å². The summed E-state index contributed by atoms with van der Waals surface area (Å²) in [6.45, 7) is 1.87. The van der Waals surface area contributed by atoms with Crippen molar-refractivity contribution < 1.29 is 19.4 Å². The van der Waals surface area contributed by atoms with Crippen LogP contribution in [0.4, 0.5) is 10.5 Å². The number of hydrogen-bond donors (Lipinski definition) is 2. The van der Waals surface area contributed by atoms with Crippen molar-refractivity contribution in [1.29, 1.82) is 0 Å². The summed E-state index contributed by atoms with van der Waals surface area (Å²) in [5, 5.41) is 12.1. The van der Waals surface area contributed by atoms with E-state index in [1.807, 2.05) is 37.3 Å². The highest BCUT2D eigenvalue weighted by Crippen LogP contribution is 2.45. The molecule has 0 unspecified atom stereocenters. The van der Waals surface area contributed by atoms with Crippen LogP contribution in [0.25, 0.3) is 0 Å². The average molecular weight is 324 g/mol. The first-order valence-corrected chi connectivity index (χ1v) is 7.70. The molecule has 2 bridgehead atoms. The van der Waals surface area contributed by atoms with Gasteiger partial charge < -0.3 is 15.2 Å². The van der Waals surface area contributed by atoms with Gasteiger partial charge in [0, 0.05) is 17.7 Å². The molecular formula is C18H16N2O4. The van der Waals surface area contributed by atoms with Gasteiger partial charge in [0.25, 0.3) is 0 Å². The maximum absolute atomic E-state index is 12.7. The number of hydrogen-bond acceptors (Lipinski definition) is 3. The molecule has 2 atom stereocenters. The zero-order valence-corrected chi connectivity index (χ0v) is 13.0. The number of para-hydroxylation sites is 1. The van der Waals surface area contributed by atoms with Gasteiger partial charge in [-0.2, -0.15) is 0 Å². The van der Waals surface area contributed by atoms with E-state index >= 15 is 0 Å². The second-order valence-corrected chi connectivity index (χ2v) is 6.21. The van der Waals surface area contributed by atoms with Gasteiger partial charge in [-0.1, -0.05) is 18.2 Å². The number of anilines is 1. The standard InChI is InChI=1S/C18H16N2O4/c1-18-10-14(13-9-11(16(21)22)7-8-15(13)24-18)19-17(23)20(18)12-5-3-2-4-6-12/h2-9,14H,10H2,1H3,(H,19,23)(H,21,22)/t14-,18-/m0/s1. The van der Waals surface area contributed by atoms with Crippen molar-refractivity contribution in [1.82, 2.24) is 5.32 Å². The number of urea groups is 1. The average Bonchev–Trinajstić information content (AvgIpc) is 2.54. The Balaban J connectivity index is 1.79. The minimum Gasteiger partial charge on any atom is -0.478 e. The molecule has 0 saturated carbocycles. The highest BCUT2D eigenvalue weighted by molar-refractivity contribution is 5.95. The minimum absolute atomic E-state index is 0.181. The van der Waals surface area contributed by atoms with E-state index in [-0.39, 0.29) is 17.6 Å². The Hall–Kier alpha value is -3.02. The summed E-state index contributed by atoms with van der Waals surface area (Å²) in [7, 11) is 0. The summed E-state index contributed by atoms with van der Waals surface area (Å²) >= 11 is 0.